The number of ether oxygens (including phenoxy) is 2. The molecule has 1 saturated heterocycles. The maximum Gasteiger partial charge on any atom is 0.410 e. The van der Waals surface area contributed by atoms with Crippen molar-refractivity contribution in [2.24, 2.45) is 5.92 Å². The molecule has 24 heavy (non-hydrogen) atoms. The van der Waals surface area contributed by atoms with Crippen LogP contribution in [0.5, 0.6) is 5.75 Å². The molecule has 4 heteroatoms. The molecule has 2 atom stereocenters. The molecule has 0 saturated carbocycles. The molecule has 132 valence electrons. The van der Waals surface area contributed by atoms with Crippen LogP contribution < -0.4 is 4.74 Å². The van der Waals surface area contributed by atoms with Crippen molar-refractivity contribution in [1.82, 2.24) is 4.90 Å². The Morgan fingerprint density at radius 2 is 2.00 bits per heavy atom. The molecule has 3 rings (SSSR count). The van der Waals surface area contributed by atoms with Crippen molar-refractivity contribution >= 4 is 6.09 Å². The Kier molecular flexibility index (Phi) is 4.50. The molecule has 1 aromatic rings. The summed E-state index contributed by atoms with van der Waals surface area (Å²) in [4.78, 5) is 14.6. The lowest BCUT2D eigenvalue weighted by Gasteiger charge is -2.45. The van der Waals surface area contributed by atoms with Crippen LogP contribution in [0.15, 0.2) is 12.1 Å². The van der Waals surface area contributed by atoms with Gasteiger partial charge in [-0.2, -0.15) is 0 Å². The van der Waals surface area contributed by atoms with E-state index in [1.54, 1.807) is 7.11 Å². The van der Waals surface area contributed by atoms with E-state index in [-0.39, 0.29) is 12.1 Å². The molecule has 0 N–H and O–H groups in total. The van der Waals surface area contributed by atoms with E-state index >= 15 is 0 Å². The average Bonchev–Trinajstić information content (AvgIpc) is 2.51. The van der Waals surface area contributed by atoms with Gasteiger partial charge in [-0.15, -0.1) is 0 Å². The van der Waals surface area contributed by atoms with Gasteiger partial charge < -0.3 is 14.4 Å². The number of amides is 1. The van der Waals surface area contributed by atoms with Gasteiger partial charge in [0.1, 0.15) is 11.4 Å². The van der Waals surface area contributed by atoms with Crippen LogP contribution in [0.1, 0.15) is 50.3 Å². The van der Waals surface area contributed by atoms with Gasteiger partial charge in [0.05, 0.1) is 7.11 Å². The van der Waals surface area contributed by atoms with Crippen LogP contribution in [-0.2, 0) is 17.6 Å². The van der Waals surface area contributed by atoms with Crippen LogP contribution in [0.2, 0.25) is 0 Å². The van der Waals surface area contributed by atoms with E-state index in [4.69, 9.17) is 9.47 Å². The molecule has 0 aromatic heterocycles. The molecule has 1 aliphatic carbocycles. The highest BCUT2D eigenvalue weighted by Crippen LogP contribution is 2.40. The molecule has 2 aliphatic rings. The molecule has 0 radical (unpaired) electrons. The standard InChI is InChI=1S/C20H29NO3/c1-13-8-9-14-12-17-15(11-16(14)18(13)23-5)7-6-10-21(17)19(22)24-20(2,3)4/h8-9,15,17H,6-7,10-12H2,1-5H3/t15-,17-/m0/s1. The first-order valence-corrected chi connectivity index (χ1v) is 8.95. The van der Waals surface area contributed by atoms with Crippen molar-refractivity contribution in [3.8, 4) is 5.75 Å². The van der Waals surface area contributed by atoms with Crippen molar-refractivity contribution in [1.29, 1.82) is 0 Å². The van der Waals surface area contributed by atoms with Gasteiger partial charge in [-0.1, -0.05) is 12.1 Å². The summed E-state index contributed by atoms with van der Waals surface area (Å²) in [6, 6.07) is 4.57. The maximum absolute atomic E-state index is 12.6. The SMILES string of the molecule is COc1c(C)ccc2c1C[C@@H]1CCCN(C(=O)OC(C)(C)C)[C@H]1C2. The lowest BCUT2D eigenvalue weighted by atomic mass is 9.74. The van der Waals surface area contributed by atoms with Crippen LogP contribution in [0.3, 0.4) is 0 Å². The van der Waals surface area contributed by atoms with Crippen molar-refractivity contribution in [3.05, 3.63) is 28.8 Å². The number of hydrogen-bond acceptors (Lipinski definition) is 3. The normalized spacial score (nSPS) is 23.3. The van der Waals surface area contributed by atoms with E-state index in [0.717, 1.165) is 31.6 Å². The first kappa shape index (κ1) is 17.1. The predicted molar refractivity (Wildman–Crippen MR) is 94.6 cm³/mol. The average molecular weight is 331 g/mol. The number of nitrogens with zero attached hydrogens (tertiary/aromatic N) is 1. The minimum atomic E-state index is -0.447. The predicted octanol–water partition coefficient (Wildman–Crippen LogP) is 4.12. The van der Waals surface area contributed by atoms with Crippen molar-refractivity contribution < 1.29 is 14.3 Å². The molecule has 4 nitrogen and oxygen atoms in total. The van der Waals surface area contributed by atoms with Gasteiger partial charge in [-0.05, 0) is 76.0 Å². The summed E-state index contributed by atoms with van der Waals surface area (Å²) in [5.74, 6) is 1.52. The number of aryl methyl sites for hydroxylation is 1. The zero-order valence-electron chi connectivity index (χ0n) is 15.5. The molecule has 1 fully saturated rings. The van der Waals surface area contributed by atoms with Crippen molar-refractivity contribution in [2.45, 2.75) is 65.0 Å². The molecule has 1 aliphatic heterocycles. The molecular formula is C20H29NO3. The summed E-state index contributed by atoms with van der Waals surface area (Å²) < 4.78 is 11.3. The summed E-state index contributed by atoms with van der Waals surface area (Å²) in [6.07, 6.45) is 3.93. The van der Waals surface area contributed by atoms with E-state index in [9.17, 15) is 4.79 Å². The quantitative estimate of drug-likeness (QED) is 0.777. The van der Waals surface area contributed by atoms with E-state index in [0.29, 0.717) is 5.92 Å². The highest BCUT2D eigenvalue weighted by molar-refractivity contribution is 5.69. The highest BCUT2D eigenvalue weighted by Gasteiger charge is 2.40. The molecule has 0 spiro atoms. The second-order valence-corrected chi connectivity index (χ2v) is 8.11. The largest absolute Gasteiger partial charge is 0.496 e. The van der Waals surface area contributed by atoms with Gasteiger partial charge in [0.25, 0.3) is 0 Å². The molecule has 0 bridgehead atoms. The second kappa shape index (κ2) is 6.30. The number of carbonyl (C=O) groups excluding carboxylic acids is 1. The number of carbonyl (C=O) groups is 1. The Balaban J connectivity index is 1.87. The number of benzene rings is 1. The first-order valence-electron chi connectivity index (χ1n) is 8.95. The van der Waals surface area contributed by atoms with Gasteiger partial charge in [0, 0.05) is 12.6 Å². The Morgan fingerprint density at radius 3 is 2.67 bits per heavy atom. The van der Waals surface area contributed by atoms with Crippen molar-refractivity contribution in [2.75, 3.05) is 13.7 Å². The van der Waals surface area contributed by atoms with Crippen LogP contribution >= 0.6 is 0 Å². The lowest BCUT2D eigenvalue weighted by Crippen LogP contribution is -2.53. The third-order valence-electron chi connectivity index (χ3n) is 5.20. The molecule has 1 heterocycles. The van der Waals surface area contributed by atoms with Crippen LogP contribution in [0.25, 0.3) is 0 Å². The summed E-state index contributed by atoms with van der Waals surface area (Å²) in [7, 11) is 1.75. The van der Waals surface area contributed by atoms with Crippen molar-refractivity contribution in [3.63, 3.8) is 0 Å². The maximum atomic E-state index is 12.6. The van der Waals surface area contributed by atoms with Gasteiger partial charge in [0.15, 0.2) is 0 Å². The van der Waals surface area contributed by atoms with E-state index in [1.807, 2.05) is 25.7 Å². The summed E-state index contributed by atoms with van der Waals surface area (Å²) >= 11 is 0. The zero-order valence-corrected chi connectivity index (χ0v) is 15.5. The van der Waals surface area contributed by atoms with Gasteiger partial charge in [0.2, 0.25) is 0 Å². The number of likely N-dealkylation sites (tertiary alicyclic amines) is 1. The number of piperidine rings is 1. The number of fused-ring (bicyclic) bond motifs is 2. The lowest BCUT2D eigenvalue weighted by molar-refractivity contribution is -0.00143. The highest BCUT2D eigenvalue weighted by atomic mass is 16.6. The smallest absolute Gasteiger partial charge is 0.410 e. The Bertz CT molecular complexity index is 633. The Labute approximate surface area is 145 Å². The number of methoxy groups -OCH3 is 1. The fourth-order valence-electron chi connectivity index (χ4n) is 4.17. The fourth-order valence-corrected chi connectivity index (χ4v) is 4.17. The van der Waals surface area contributed by atoms with E-state index < -0.39 is 5.60 Å². The molecule has 1 amide bonds. The fraction of sp³-hybridized carbons (Fsp3) is 0.650. The van der Waals surface area contributed by atoms with Gasteiger partial charge in [-0.3, -0.25) is 0 Å². The number of hydrogen-bond donors (Lipinski definition) is 0. The first-order chi connectivity index (χ1) is 11.3. The summed E-state index contributed by atoms with van der Waals surface area (Å²) in [6.45, 7) is 8.68. The van der Waals surface area contributed by atoms with Gasteiger partial charge >= 0.3 is 6.09 Å². The monoisotopic (exact) mass is 331 g/mol. The zero-order chi connectivity index (χ0) is 17.5. The molecule has 1 aromatic carbocycles. The van der Waals surface area contributed by atoms with E-state index in [1.165, 1.54) is 23.1 Å². The summed E-state index contributed by atoms with van der Waals surface area (Å²) in [5.41, 5.74) is 3.39. The molecule has 0 unspecified atom stereocenters. The minimum absolute atomic E-state index is 0.167. The Morgan fingerprint density at radius 1 is 1.25 bits per heavy atom. The number of rotatable bonds is 1. The van der Waals surface area contributed by atoms with Crippen LogP contribution in [-0.4, -0.2) is 36.3 Å². The van der Waals surface area contributed by atoms with E-state index in [2.05, 4.69) is 19.1 Å². The minimum Gasteiger partial charge on any atom is -0.496 e. The third kappa shape index (κ3) is 3.24. The van der Waals surface area contributed by atoms with Crippen LogP contribution in [0.4, 0.5) is 4.79 Å². The Hall–Kier alpha value is -1.71. The van der Waals surface area contributed by atoms with Gasteiger partial charge in [-0.25, -0.2) is 4.79 Å². The third-order valence-corrected chi connectivity index (χ3v) is 5.20. The van der Waals surface area contributed by atoms with Crippen LogP contribution in [0, 0.1) is 12.8 Å². The molecular weight excluding hydrogens is 302 g/mol. The topological polar surface area (TPSA) is 38.8 Å². The summed E-state index contributed by atoms with van der Waals surface area (Å²) in [5, 5.41) is 0. The second-order valence-electron chi connectivity index (χ2n) is 8.11.